The molecule has 1 aliphatic heterocycles. The van der Waals surface area contributed by atoms with Gasteiger partial charge in [0.05, 0.1) is 0 Å². The topological polar surface area (TPSA) is 30.8 Å². The van der Waals surface area contributed by atoms with Gasteiger partial charge in [-0.25, -0.2) is 0 Å². The molecular weight excluding hydrogens is 190 g/mol. The van der Waals surface area contributed by atoms with E-state index < -0.39 is 0 Å². The lowest BCUT2D eigenvalue weighted by atomic mass is 10.0. The Morgan fingerprint density at radius 3 is 3.00 bits per heavy atom. The van der Waals surface area contributed by atoms with E-state index in [1.165, 1.54) is 5.57 Å². The largest absolute Gasteiger partial charge is 0.485 e. The average Bonchev–Trinajstić information content (AvgIpc) is 2.31. The third-order valence-corrected chi connectivity index (χ3v) is 2.46. The van der Waals surface area contributed by atoms with E-state index in [0.717, 1.165) is 25.0 Å². The van der Waals surface area contributed by atoms with Crippen LogP contribution in [0.25, 0.3) is 0 Å². The summed E-state index contributed by atoms with van der Waals surface area (Å²) < 4.78 is 10.8. The summed E-state index contributed by atoms with van der Waals surface area (Å²) in [5, 5.41) is 0. The number of aliphatic imine (C=N–C) groups is 1. The number of rotatable bonds is 2. The fourth-order valence-corrected chi connectivity index (χ4v) is 1.59. The summed E-state index contributed by atoms with van der Waals surface area (Å²) in [6, 6.07) is 0. The molecule has 0 spiro atoms. The minimum atomic E-state index is 0.450. The molecule has 0 aromatic heterocycles. The first-order chi connectivity index (χ1) is 7.38. The molecule has 0 saturated carbocycles. The Morgan fingerprint density at radius 1 is 1.47 bits per heavy atom. The molecule has 0 saturated heterocycles. The van der Waals surface area contributed by atoms with Crippen LogP contribution in [0.2, 0.25) is 0 Å². The molecule has 15 heavy (non-hydrogen) atoms. The van der Waals surface area contributed by atoms with Gasteiger partial charge < -0.3 is 9.47 Å². The van der Waals surface area contributed by atoms with Crippen molar-refractivity contribution >= 4 is 5.90 Å². The van der Waals surface area contributed by atoms with Crippen LogP contribution in [0.15, 0.2) is 40.8 Å². The zero-order valence-corrected chi connectivity index (χ0v) is 8.90. The first-order valence-electron chi connectivity index (χ1n) is 5.17. The predicted molar refractivity (Wildman–Crippen MR) is 59.6 cm³/mol. The Balaban J connectivity index is 1.93. The molecule has 3 heteroatoms. The van der Waals surface area contributed by atoms with Crippen molar-refractivity contribution in [3.63, 3.8) is 0 Å². The summed E-state index contributed by atoms with van der Waals surface area (Å²) >= 11 is 0. The highest BCUT2D eigenvalue weighted by molar-refractivity contribution is 5.78. The second-order valence-electron chi connectivity index (χ2n) is 3.58. The smallest absolute Gasteiger partial charge is 0.227 e. The molecule has 2 aliphatic rings. The first kappa shape index (κ1) is 10.0. The van der Waals surface area contributed by atoms with Gasteiger partial charge in [0.1, 0.15) is 12.0 Å². The van der Waals surface area contributed by atoms with Crippen molar-refractivity contribution < 1.29 is 9.47 Å². The molecule has 0 amide bonds. The second-order valence-corrected chi connectivity index (χ2v) is 3.58. The van der Waals surface area contributed by atoms with Crippen molar-refractivity contribution in [1.82, 2.24) is 0 Å². The summed E-state index contributed by atoms with van der Waals surface area (Å²) in [4.78, 5) is 3.93. The van der Waals surface area contributed by atoms with Crippen LogP contribution in [0.3, 0.4) is 0 Å². The van der Waals surface area contributed by atoms with E-state index in [2.05, 4.69) is 23.2 Å². The van der Waals surface area contributed by atoms with Crippen LogP contribution >= 0.6 is 0 Å². The molecule has 0 aromatic rings. The molecule has 3 nitrogen and oxygen atoms in total. The monoisotopic (exact) mass is 205 g/mol. The lowest BCUT2D eigenvalue weighted by Crippen LogP contribution is -2.16. The predicted octanol–water partition coefficient (Wildman–Crippen LogP) is 2.57. The third kappa shape index (κ3) is 2.72. The van der Waals surface area contributed by atoms with Gasteiger partial charge in [0.15, 0.2) is 6.61 Å². The van der Waals surface area contributed by atoms with Crippen LogP contribution in [-0.2, 0) is 9.47 Å². The van der Waals surface area contributed by atoms with E-state index in [9.17, 15) is 0 Å². The molecule has 0 fully saturated rings. The Kier molecular flexibility index (Phi) is 3.22. The van der Waals surface area contributed by atoms with Gasteiger partial charge in [-0.1, -0.05) is 23.8 Å². The Labute approximate surface area is 89.8 Å². The van der Waals surface area contributed by atoms with Crippen LogP contribution in [0.5, 0.6) is 0 Å². The van der Waals surface area contributed by atoms with Gasteiger partial charge in [-0.2, -0.15) is 0 Å². The van der Waals surface area contributed by atoms with E-state index in [1.54, 1.807) is 13.3 Å². The highest BCUT2D eigenvalue weighted by Crippen LogP contribution is 2.22. The van der Waals surface area contributed by atoms with Crippen LogP contribution in [0.4, 0.5) is 0 Å². The van der Waals surface area contributed by atoms with Crippen molar-refractivity contribution in [3.8, 4) is 0 Å². The van der Waals surface area contributed by atoms with Crippen LogP contribution < -0.4 is 0 Å². The fraction of sp³-hybridized carbons (Fsp3) is 0.417. The van der Waals surface area contributed by atoms with E-state index in [0.29, 0.717) is 12.5 Å². The average molecular weight is 205 g/mol. The van der Waals surface area contributed by atoms with Gasteiger partial charge in [-0.15, -0.1) is 0 Å². The van der Waals surface area contributed by atoms with E-state index in [-0.39, 0.29) is 0 Å². The lowest BCUT2D eigenvalue weighted by molar-refractivity contribution is 0.191. The van der Waals surface area contributed by atoms with Gasteiger partial charge in [-0.3, -0.25) is 4.99 Å². The molecule has 0 N–H and O–H groups in total. The van der Waals surface area contributed by atoms with Gasteiger partial charge >= 0.3 is 0 Å². The van der Waals surface area contributed by atoms with Crippen molar-refractivity contribution in [1.29, 1.82) is 0 Å². The maximum atomic E-state index is 5.52. The Hall–Kier alpha value is -1.51. The van der Waals surface area contributed by atoms with Gasteiger partial charge in [0.2, 0.25) is 5.90 Å². The van der Waals surface area contributed by atoms with E-state index >= 15 is 0 Å². The number of hydrogen-bond donors (Lipinski definition) is 0. The van der Waals surface area contributed by atoms with Crippen molar-refractivity contribution in [3.05, 3.63) is 35.8 Å². The van der Waals surface area contributed by atoms with Gasteiger partial charge in [0.25, 0.3) is 0 Å². The van der Waals surface area contributed by atoms with Crippen molar-refractivity contribution in [2.75, 3.05) is 13.7 Å². The third-order valence-electron chi connectivity index (χ3n) is 2.46. The molecule has 1 heterocycles. The highest BCUT2D eigenvalue weighted by atomic mass is 16.6. The highest BCUT2D eigenvalue weighted by Gasteiger charge is 2.12. The minimum absolute atomic E-state index is 0.450. The molecule has 0 radical (unpaired) electrons. The summed E-state index contributed by atoms with van der Waals surface area (Å²) in [5.41, 5.74) is 1.39. The van der Waals surface area contributed by atoms with E-state index in [1.807, 2.05) is 0 Å². The maximum Gasteiger partial charge on any atom is 0.227 e. The molecular formula is C12H15NO2. The molecule has 0 bridgehead atoms. The summed E-state index contributed by atoms with van der Waals surface area (Å²) in [5.74, 6) is 1.53. The van der Waals surface area contributed by atoms with Crippen LogP contribution in [0.1, 0.15) is 19.3 Å². The normalized spacial score (nSPS) is 22.9. The molecule has 0 aromatic carbocycles. The number of allylic oxidation sites excluding steroid dienone is 4. The number of nitrogens with zero attached hydrogens (tertiary/aromatic N) is 1. The minimum Gasteiger partial charge on any atom is -0.485 e. The summed E-state index contributed by atoms with van der Waals surface area (Å²) in [6.07, 6.45) is 11.2. The number of ether oxygens (including phenoxy) is 2. The molecule has 1 aliphatic carbocycles. The lowest BCUT2D eigenvalue weighted by Gasteiger charge is -2.18. The van der Waals surface area contributed by atoms with E-state index in [4.69, 9.17) is 9.47 Å². The van der Waals surface area contributed by atoms with Crippen LogP contribution in [0, 0.1) is 0 Å². The van der Waals surface area contributed by atoms with Gasteiger partial charge in [-0.05, 0) is 12.8 Å². The quantitative estimate of drug-likeness (QED) is 0.693. The Bertz CT molecular complexity index is 351. The maximum absolute atomic E-state index is 5.52. The van der Waals surface area contributed by atoms with Crippen molar-refractivity contribution in [2.45, 2.75) is 19.3 Å². The summed E-state index contributed by atoms with van der Waals surface area (Å²) in [6.45, 7) is 0.450. The molecule has 2 rings (SSSR count). The van der Waals surface area contributed by atoms with Crippen molar-refractivity contribution in [2.24, 2.45) is 4.99 Å². The molecule has 0 atom stereocenters. The SMILES string of the molecule is CN=C1COC(CC2=CC=CCC2)=CO1. The van der Waals surface area contributed by atoms with Crippen LogP contribution in [-0.4, -0.2) is 19.6 Å². The van der Waals surface area contributed by atoms with Gasteiger partial charge in [0, 0.05) is 13.5 Å². The Morgan fingerprint density at radius 2 is 2.40 bits per heavy atom. The second kappa shape index (κ2) is 4.82. The molecule has 80 valence electrons. The first-order valence-corrected chi connectivity index (χ1v) is 5.17. The fourth-order valence-electron chi connectivity index (χ4n) is 1.59. The molecule has 0 unspecified atom stereocenters. The standard InChI is InChI=1S/C12H15NO2/c1-13-12-9-14-11(8-15-12)7-10-5-3-2-4-6-10/h2-3,5,8H,4,6-7,9H2,1H3. The number of hydrogen-bond acceptors (Lipinski definition) is 3. The zero-order chi connectivity index (χ0) is 10.5. The summed E-state index contributed by atoms with van der Waals surface area (Å²) in [7, 11) is 1.70. The zero-order valence-electron chi connectivity index (χ0n) is 8.90.